The number of halogens is 1. The molecular weight excluding hydrogens is 233 g/mol. The molecule has 0 saturated heterocycles. The topological polar surface area (TPSA) is 86.5 Å². The Hall–Kier alpha value is -2.31. The summed E-state index contributed by atoms with van der Waals surface area (Å²) in [6, 6.07) is 3.19. The molecule has 0 radical (unpaired) electrons. The largest absolute Gasteiger partial charge is 0.463 e. The fraction of sp³-hybridized carbons (Fsp3) is 0.200. The van der Waals surface area contributed by atoms with E-state index in [0.717, 1.165) is 25.3 Å². The highest BCUT2D eigenvalue weighted by atomic mass is 19.1. The predicted molar refractivity (Wildman–Crippen MR) is 53.8 cm³/mol. The van der Waals surface area contributed by atoms with Gasteiger partial charge in [0.1, 0.15) is 5.82 Å². The predicted octanol–water partition coefficient (Wildman–Crippen LogP) is 1.02. The number of rotatable bonds is 4. The number of methoxy groups -OCH3 is 1. The van der Waals surface area contributed by atoms with Crippen molar-refractivity contribution >= 4 is 17.4 Å². The Morgan fingerprint density at radius 3 is 2.65 bits per heavy atom. The second-order valence-electron chi connectivity index (χ2n) is 3.09. The van der Waals surface area contributed by atoms with Gasteiger partial charge in [-0.3, -0.25) is 14.9 Å². The van der Waals surface area contributed by atoms with Crippen LogP contribution in [0.15, 0.2) is 18.2 Å². The third kappa shape index (κ3) is 2.83. The van der Waals surface area contributed by atoms with Crippen LogP contribution in [0, 0.1) is 15.9 Å². The van der Waals surface area contributed by atoms with Crippen LogP contribution in [0.1, 0.15) is 5.56 Å². The quantitative estimate of drug-likeness (QED) is 0.340. The number of benzene rings is 1. The van der Waals surface area contributed by atoms with Gasteiger partial charge < -0.3 is 4.74 Å². The van der Waals surface area contributed by atoms with Gasteiger partial charge in [0, 0.05) is 6.07 Å². The van der Waals surface area contributed by atoms with E-state index in [9.17, 15) is 24.1 Å². The van der Waals surface area contributed by atoms with Gasteiger partial charge in [-0.25, -0.2) is 9.18 Å². The van der Waals surface area contributed by atoms with Crippen molar-refractivity contribution in [2.75, 3.05) is 7.11 Å². The summed E-state index contributed by atoms with van der Waals surface area (Å²) in [6.07, 6.45) is -0.699. The maximum absolute atomic E-state index is 13.3. The van der Waals surface area contributed by atoms with E-state index in [-0.39, 0.29) is 0 Å². The van der Waals surface area contributed by atoms with Crippen molar-refractivity contribution in [2.24, 2.45) is 0 Å². The lowest BCUT2D eigenvalue weighted by atomic mass is 10.1. The Bertz CT molecular complexity index is 486. The lowest BCUT2D eigenvalue weighted by Gasteiger charge is -2.02. The zero-order valence-corrected chi connectivity index (χ0v) is 8.81. The lowest BCUT2D eigenvalue weighted by Crippen LogP contribution is -2.19. The van der Waals surface area contributed by atoms with Crippen LogP contribution in [0.3, 0.4) is 0 Å². The highest BCUT2D eigenvalue weighted by molar-refractivity contribution is 6.34. The number of esters is 1. The number of nitro benzene ring substituents is 1. The van der Waals surface area contributed by atoms with Crippen molar-refractivity contribution < 1.29 is 23.6 Å². The van der Waals surface area contributed by atoms with Crippen LogP contribution in [-0.4, -0.2) is 23.8 Å². The first-order chi connectivity index (χ1) is 7.97. The number of carbonyl (C=O) groups is 2. The fourth-order valence-corrected chi connectivity index (χ4v) is 1.24. The molecule has 0 aliphatic carbocycles. The molecule has 0 N–H and O–H groups in total. The standard InChI is InChI=1S/C10H8FNO5/c1-17-10(14)9(13)5-6-7(11)3-2-4-8(6)12(15)16/h2-4H,5H2,1H3. The summed E-state index contributed by atoms with van der Waals surface area (Å²) in [4.78, 5) is 31.8. The van der Waals surface area contributed by atoms with E-state index in [4.69, 9.17) is 0 Å². The molecule has 0 amide bonds. The van der Waals surface area contributed by atoms with E-state index >= 15 is 0 Å². The van der Waals surface area contributed by atoms with Crippen molar-refractivity contribution in [1.82, 2.24) is 0 Å². The van der Waals surface area contributed by atoms with Crippen LogP contribution in [-0.2, 0) is 20.7 Å². The van der Waals surface area contributed by atoms with E-state index in [2.05, 4.69) is 4.74 Å². The smallest absolute Gasteiger partial charge is 0.374 e. The summed E-state index contributed by atoms with van der Waals surface area (Å²) < 4.78 is 17.5. The van der Waals surface area contributed by atoms with Gasteiger partial charge in [0.2, 0.25) is 5.78 Å². The van der Waals surface area contributed by atoms with Crippen LogP contribution in [0.4, 0.5) is 10.1 Å². The van der Waals surface area contributed by atoms with Gasteiger partial charge in [-0.1, -0.05) is 6.07 Å². The molecule has 1 rings (SSSR count). The molecule has 0 unspecified atom stereocenters. The average molecular weight is 241 g/mol. The minimum atomic E-state index is -1.16. The fourth-order valence-electron chi connectivity index (χ4n) is 1.24. The number of ketones is 1. The normalized spacial score (nSPS) is 9.76. The molecule has 0 aromatic heterocycles. The molecule has 0 heterocycles. The molecule has 1 aromatic rings. The van der Waals surface area contributed by atoms with E-state index in [1.807, 2.05) is 0 Å². The van der Waals surface area contributed by atoms with Crippen LogP contribution in [0.25, 0.3) is 0 Å². The number of Topliss-reactive ketones (excluding diaryl/α,β-unsaturated/α-hetero) is 1. The molecule has 0 aliphatic rings. The van der Waals surface area contributed by atoms with Crippen molar-refractivity contribution in [3.8, 4) is 0 Å². The highest BCUT2D eigenvalue weighted by Gasteiger charge is 2.24. The number of ether oxygens (including phenoxy) is 1. The number of hydrogen-bond donors (Lipinski definition) is 0. The van der Waals surface area contributed by atoms with Crippen LogP contribution in [0.2, 0.25) is 0 Å². The monoisotopic (exact) mass is 241 g/mol. The lowest BCUT2D eigenvalue weighted by molar-refractivity contribution is -0.385. The zero-order valence-electron chi connectivity index (χ0n) is 8.81. The van der Waals surface area contributed by atoms with Crippen LogP contribution in [0.5, 0.6) is 0 Å². The summed E-state index contributed by atoms with van der Waals surface area (Å²) in [5.41, 5.74) is -0.963. The third-order valence-electron chi connectivity index (χ3n) is 2.04. The minimum Gasteiger partial charge on any atom is -0.463 e. The van der Waals surface area contributed by atoms with Gasteiger partial charge in [0.25, 0.3) is 5.69 Å². The molecular formula is C10H8FNO5. The summed E-state index contributed by atoms with van der Waals surface area (Å²) >= 11 is 0. The molecule has 0 atom stereocenters. The van der Waals surface area contributed by atoms with Gasteiger partial charge in [-0.15, -0.1) is 0 Å². The van der Waals surface area contributed by atoms with Gasteiger partial charge >= 0.3 is 5.97 Å². The van der Waals surface area contributed by atoms with Gasteiger partial charge in [-0.2, -0.15) is 0 Å². The molecule has 7 heteroatoms. The second-order valence-corrected chi connectivity index (χ2v) is 3.09. The van der Waals surface area contributed by atoms with Crippen LogP contribution >= 0.6 is 0 Å². The SMILES string of the molecule is COC(=O)C(=O)Cc1c(F)cccc1[N+](=O)[O-]. The summed E-state index contributed by atoms with van der Waals surface area (Å²) in [5, 5.41) is 10.6. The molecule has 0 saturated carbocycles. The summed E-state index contributed by atoms with van der Waals surface area (Å²) in [6.45, 7) is 0. The molecule has 0 bridgehead atoms. The number of nitro groups is 1. The van der Waals surface area contributed by atoms with E-state index in [1.165, 1.54) is 0 Å². The Morgan fingerprint density at radius 1 is 1.47 bits per heavy atom. The molecule has 90 valence electrons. The molecule has 17 heavy (non-hydrogen) atoms. The third-order valence-corrected chi connectivity index (χ3v) is 2.04. The van der Waals surface area contributed by atoms with E-state index in [1.54, 1.807) is 0 Å². The van der Waals surface area contributed by atoms with Crippen LogP contribution < -0.4 is 0 Å². The Morgan fingerprint density at radius 2 is 2.12 bits per heavy atom. The molecule has 1 aromatic carbocycles. The molecule has 6 nitrogen and oxygen atoms in total. The Balaban J connectivity index is 3.09. The average Bonchev–Trinajstić information content (AvgIpc) is 2.30. The van der Waals surface area contributed by atoms with Gasteiger partial charge in [0.15, 0.2) is 0 Å². The molecule has 0 fully saturated rings. The first-order valence-electron chi connectivity index (χ1n) is 4.50. The van der Waals surface area contributed by atoms with Crippen molar-refractivity contribution in [3.05, 3.63) is 39.7 Å². The molecule has 0 aliphatic heterocycles. The van der Waals surface area contributed by atoms with Crippen molar-refractivity contribution in [2.45, 2.75) is 6.42 Å². The molecule has 0 spiro atoms. The van der Waals surface area contributed by atoms with E-state index in [0.29, 0.717) is 0 Å². The Kier molecular flexibility index (Phi) is 3.86. The minimum absolute atomic E-state index is 0.423. The number of nitrogens with zero attached hydrogens (tertiary/aromatic N) is 1. The van der Waals surface area contributed by atoms with Crippen molar-refractivity contribution in [1.29, 1.82) is 0 Å². The summed E-state index contributed by atoms with van der Waals surface area (Å²) in [7, 11) is 0.996. The first kappa shape index (κ1) is 12.8. The number of carbonyl (C=O) groups excluding carboxylic acids is 2. The second kappa shape index (κ2) is 5.15. The highest BCUT2D eigenvalue weighted by Crippen LogP contribution is 2.21. The van der Waals surface area contributed by atoms with E-state index < -0.39 is 40.2 Å². The van der Waals surface area contributed by atoms with Crippen molar-refractivity contribution in [3.63, 3.8) is 0 Å². The maximum atomic E-state index is 13.3. The maximum Gasteiger partial charge on any atom is 0.374 e. The zero-order chi connectivity index (χ0) is 13.0. The number of hydrogen-bond acceptors (Lipinski definition) is 5. The Labute approximate surface area is 95.1 Å². The summed E-state index contributed by atoms with van der Waals surface area (Å²) in [5.74, 6) is -3.11. The first-order valence-corrected chi connectivity index (χ1v) is 4.50. The van der Waals surface area contributed by atoms with Gasteiger partial charge in [0.05, 0.1) is 24.0 Å². The van der Waals surface area contributed by atoms with Gasteiger partial charge in [-0.05, 0) is 6.07 Å².